The summed E-state index contributed by atoms with van der Waals surface area (Å²) in [4.78, 5) is 42.0. The molecule has 0 saturated carbocycles. The number of halogens is 1. The molecule has 0 spiro atoms. The number of carbonyl (C=O) groups is 3. The van der Waals surface area contributed by atoms with Gasteiger partial charge in [-0.05, 0) is 49.6 Å². The minimum atomic E-state index is -0.839. The summed E-state index contributed by atoms with van der Waals surface area (Å²) in [5, 5.41) is 5.42. The van der Waals surface area contributed by atoms with Crippen LogP contribution >= 0.6 is 11.8 Å². The molecule has 0 unspecified atom stereocenters. The van der Waals surface area contributed by atoms with Crippen LogP contribution in [0.5, 0.6) is 0 Å². The van der Waals surface area contributed by atoms with Gasteiger partial charge in [-0.3, -0.25) is 9.59 Å². The molecule has 3 aromatic rings. The first-order chi connectivity index (χ1) is 16.3. The van der Waals surface area contributed by atoms with Crippen molar-refractivity contribution in [3.63, 3.8) is 0 Å². The third kappa shape index (κ3) is 5.39. The number of esters is 1. The first kappa shape index (κ1) is 25.2. The number of imidazole rings is 1. The summed E-state index contributed by atoms with van der Waals surface area (Å²) in [6.07, 6.45) is 2.29. The van der Waals surface area contributed by atoms with Crippen LogP contribution in [0, 0.1) is 5.82 Å². The number of anilines is 1. The van der Waals surface area contributed by atoms with Crippen molar-refractivity contribution >= 4 is 46.3 Å². The molecule has 0 radical (unpaired) electrons. The van der Waals surface area contributed by atoms with Crippen LogP contribution in [0.15, 0.2) is 36.4 Å². The Kier molecular flexibility index (Phi) is 8.27. The maximum Gasteiger partial charge on any atom is 0.328 e. The largest absolute Gasteiger partial charge is 0.467 e. The molecule has 0 aliphatic rings. The van der Waals surface area contributed by atoms with Gasteiger partial charge in [-0.2, -0.15) is 11.8 Å². The van der Waals surface area contributed by atoms with Crippen molar-refractivity contribution in [1.29, 1.82) is 0 Å². The van der Waals surface area contributed by atoms with Crippen LogP contribution in [0.1, 0.15) is 30.6 Å². The third-order valence-corrected chi connectivity index (χ3v) is 5.88. The molecule has 0 saturated heterocycles. The van der Waals surface area contributed by atoms with E-state index in [1.54, 1.807) is 40.6 Å². The number of nitrogens with zero attached hydrogens (tertiary/aromatic N) is 2. The van der Waals surface area contributed by atoms with Crippen LogP contribution in [0.3, 0.4) is 0 Å². The van der Waals surface area contributed by atoms with Crippen molar-refractivity contribution in [2.24, 2.45) is 0 Å². The molecule has 0 bridgehead atoms. The second-order valence-corrected chi connectivity index (χ2v) is 8.55. The van der Waals surface area contributed by atoms with Crippen molar-refractivity contribution < 1.29 is 23.5 Å². The number of hydrogen-bond donors (Lipinski definition) is 2. The highest BCUT2D eigenvalue weighted by atomic mass is 32.2. The van der Waals surface area contributed by atoms with Crippen LogP contribution in [-0.2, 0) is 20.9 Å². The van der Waals surface area contributed by atoms with Crippen LogP contribution in [-0.4, -0.2) is 52.5 Å². The van der Waals surface area contributed by atoms with E-state index in [-0.39, 0.29) is 11.5 Å². The molecule has 10 heteroatoms. The molecule has 8 nitrogen and oxygen atoms in total. The summed E-state index contributed by atoms with van der Waals surface area (Å²) in [6.45, 7) is 3.63. The molecule has 2 amide bonds. The van der Waals surface area contributed by atoms with Crippen LogP contribution in [0.25, 0.3) is 22.4 Å². The smallest absolute Gasteiger partial charge is 0.328 e. The van der Waals surface area contributed by atoms with Gasteiger partial charge < -0.3 is 19.9 Å². The van der Waals surface area contributed by atoms with Crippen LogP contribution in [0.2, 0.25) is 0 Å². The van der Waals surface area contributed by atoms with E-state index in [4.69, 9.17) is 4.74 Å². The standard InChI is InChI=1S/C24H27FN4O4S/c1-5-29-21-17(23(31)28-19(10-11-34-4)24(32)33-3)12-15(26-14(2)30)13-20(21)27-22(29)16-8-6-7-9-18(16)25/h6-9,12-13,19H,5,10-11H2,1-4H3,(H,26,30)(H,28,31)/t19-/m0/s1. The Morgan fingerprint density at radius 2 is 1.97 bits per heavy atom. The lowest BCUT2D eigenvalue weighted by Crippen LogP contribution is -2.42. The number of aromatic nitrogens is 2. The summed E-state index contributed by atoms with van der Waals surface area (Å²) in [6, 6.07) is 8.59. The molecule has 1 atom stereocenters. The number of carbonyl (C=O) groups excluding carboxylic acids is 3. The van der Waals surface area contributed by atoms with E-state index in [9.17, 15) is 18.8 Å². The molecular formula is C24H27FN4O4S. The van der Waals surface area contributed by atoms with E-state index in [1.807, 2.05) is 13.2 Å². The molecule has 1 aromatic heterocycles. The predicted octanol–water partition coefficient (Wildman–Crippen LogP) is 3.85. The number of thioether (sulfide) groups is 1. The number of benzene rings is 2. The van der Waals surface area contributed by atoms with E-state index in [0.29, 0.717) is 46.8 Å². The normalized spacial score (nSPS) is 11.8. The van der Waals surface area contributed by atoms with Crippen molar-refractivity contribution in [2.75, 3.05) is 24.4 Å². The van der Waals surface area contributed by atoms with Gasteiger partial charge in [-0.1, -0.05) is 12.1 Å². The van der Waals surface area contributed by atoms with E-state index >= 15 is 0 Å². The molecule has 0 fully saturated rings. The fourth-order valence-corrected chi connectivity index (χ4v) is 4.21. The number of amides is 2. The van der Waals surface area contributed by atoms with Gasteiger partial charge in [0.1, 0.15) is 17.7 Å². The maximum atomic E-state index is 14.6. The van der Waals surface area contributed by atoms with Gasteiger partial charge in [0, 0.05) is 19.2 Å². The summed E-state index contributed by atoms with van der Waals surface area (Å²) in [7, 11) is 1.27. The highest BCUT2D eigenvalue weighted by Crippen LogP contribution is 2.31. The number of ether oxygens (including phenoxy) is 1. The Morgan fingerprint density at radius 3 is 2.59 bits per heavy atom. The topological polar surface area (TPSA) is 102 Å². The third-order valence-electron chi connectivity index (χ3n) is 5.24. The molecule has 2 N–H and O–H groups in total. The number of fused-ring (bicyclic) bond motifs is 1. The number of rotatable bonds is 9. The average Bonchev–Trinajstić information content (AvgIpc) is 3.18. The summed E-state index contributed by atoms with van der Waals surface area (Å²) >= 11 is 1.54. The van der Waals surface area contributed by atoms with Crippen LogP contribution < -0.4 is 10.6 Å². The zero-order valence-corrected chi connectivity index (χ0v) is 20.3. The summed E-state index contributed by atoms with van der Waals surface area (Å²) in [5.74, 6) is -0.829. The van der Waals surface area contributed by atoms with Crippen molar-refractivity contribution in [2.45, 2.75) is 32.9 Å². The molecule has 0 aliphatic carbocycles. The molecular weight excluding hydrogens is 459 g/mol. The minimum absolute atomic E-state index is 0.205. The quantitative estimate of drug-likeness (QED) is 0.446. The zero-order chi connectivity index (χ0) is 24.8. The van der Waals surface area contributed by atoms with Gasteiger partial charge in [0.05, 0.1) is 29.3 Å². The van der Waals surface area contributed by atoms with E-state index < -0.39 is 23.7 Å². The fraction of sp³-hybridized carbons (Fsp3) is 0.333. The van der Waals surface area contributed by atoms with Gasteiger partial charge in [0.2, 0.25) is 5.91 Å². The SMILES string of the molecule is CCn1c(-c2ccccc2F)nc2cc(NC(C)=O)cc(C(=O)N[C@@H](CCSC)C(=O)OC)c21. The second-order valence-electron chi connectivity index (χ2n) is 7.56. The lowest BCUT2D eigenvalue weighted by Gasteiger charge is -2.17. The van der Waals surface area contributed by atoms with Gasteiger partial charge >= 0.3 is 5.97 Å². The second kappa shape index (κ2) is 11.1. The number of methoxy groups -OCH3 is 1. The van der Waals surface area contributed by atoms with Gasteiger partial charge in [0.25, 0.3) is 5.91 Å². The predicted molar refractivity (Wildman–Crippen MR) is 131 cm³/mol. The number of aryl methyl sites for hydroxylation is 1. The van der Waals surface area contributed by atoms with Crippen LogP contribution in [0.4, 0.5) is 10.1 Å². The van der Waals surface area contributed by atoms with Gasteiger partial charge in [-0.15, -0.1) is 0 Å². The molecule has 3 rings (SSSR count). The molecule has 180 valence electrons. The minimum Gasteiger partial charge on any atom is -0.467 e. The van der Waals surface area contributed by atoms with Gasteiger partial charge in [0.15, 0.2) is 0 Å². The fourth-order valence-electron chi connectivity index (χ4n) is 3.74. The van der Waals surface area contributed by atoms with Gasteiger partial charge in [-0.25, -0.2) is 14.2 Å². The summed E-state index contributed by atoms with van der Waals surface area (Å²) in [5.41, 5.74) is 1.75. The van der Waals surface area contributed by atoms with E-state index in [2.05, 4.69) is 15.6 Å². The van der Waals surface area contributed by atoms with E-state index in [1.165, 1.54) is 26.2 Å². The first-order valence-corrected chi connectivity index (χ1v) is 12.1. The molecule has 1 heterocycles. The highest BCUT2D eigenvalue weighted by Gasteiger charge is 2.26. The summed E-state index contributed by atoms with van der Waals surface area (Å²) < 4.78 is 21.2. The Labute approximate surface area is 201 Å². The Hall–Kier alpha value is -3.40. The Bertz CT molecular complexity index is 1230. The zero-order valence-electron chi connectivity index (χ0n) is 19.5. The number of hydrogen-bond acceptors (Lipinski definition) is 6. The molecule has 0 aliphatic heterocycles. The Morgan fingerprint density at radius 1 is 1.24 bits per heavy atom. The van der Waals surface area contributed by atoms with Crippen molar-refractivity contribution in [1.82, 2.24) is 14.9 Å². The van der Waals surface area contributed by atoms with Crippen molar-refractivity contribution in [3.8, 4) is 11.4 Å². The lowest BCUT2D eigenvalue weighted by molar-refractivity contribution is -0.142. The maximum absolute atomic E-state index is 14.6. The lowest BCUT2D eigenvalue weighted by atomic mass is 10.1. The average molecular weight is 487 g/mol. The first-order valence-electron chi connectivity index (χ1n) is 10.7. The Balaban J connectivity index is 2.18. The monoisotopic (exact) mass is 486 g/mol. The molecule has 34 heavy (non-hydrogen) atoms. The molecule has 2 aromatic carbocycles. The highest BCUT2D eigenvalue weighted by molar-refractivity contribution is 7.98. The van der Waals surface area contributed by atoms with Crippen molar-refractivity contribution in [3.05, 3.63) is 47.8 Å². The van der Waals surface area contributed by atoms with E-state index in [0.717, 1.165) is 0 Å². The number of nitrogens with one attached hydrogen (secondary N) is 2.